The standard InChI is InChI=1S/C17H17BrN2O3/c1-2-23-17(22)12-3-7-14(8-4-12)19-11-16(21)20-15-9-5-13(18)6-10-15/h3-10,19H,2,11H2,1H3,(H,20,21). The van der Waals surface area contributed by atoms with Gasteiger partial charge >= 0.3 is 5.97 Å². The smallest absolute Gasteiger partial charge is 0.338 e. The zero-order chi connectivity index (χ0) is 16.7. The second-order valence-electron chi connectivity index (χ2n) is 4.71. The van der Waals surface area contributed by atoms with Gasteiger partial charge < -0.3 is 15.4 Å². The van der Waals surface area contributed by atoms with Crippen molar-refractivity contribution in [1.29, 1.82) is 0 Å². The van der Waals surface area contributed by atoms with Crippen molar-refractivity contribution in [1.82, 2.24) is 0 Å². The van der Waals surface area contributed by atoms with Crippen molar-refractivity contribution in [3.05, 3.63) is 58.6 Å². The van der Waals surface area contributed by atoms with E-state index in [1.54, 1.807) is 31.2 Å². The molecule has 23 heavy (non-hydrogen) atoms. The van der Waals surface area contributed by atoms with Crippen molar-refractivity contribution in [2.24, 2.45) is 0 Å². The molecule has 120 valence electrons. The van der Waals surface area contributed by atoms with Gasteiger partial charge in [0.2, 0.25) is 5.91 Å². The van der Waals surface area contributed by atoms with Crippen LogP contribution >= 0.6 is 15.9 Å². The Hall–Kier alpha value is -2.34. The normalized spacial score (nSPS) is 10.0. The maximum atomic E-state index is 11.9. The van der Waals surface area contributed by atoms with Crippen LogP contribution < -0.4 is 10.6 Å². The maximum Gasteiger partial charge on any atom is 0.338 e. The van der Waals surface area contributed by atoms with Crippen molar-refractivity contribution in [3.8, 4) is 0 Å². The molecule has 5 nitrogen and oxygen atoms in total. The predicted octanol–water partition coefficient (Wildman–Crippen LogP) is 3.68. The summed E-state index contributed by atoms with van der Waals surface area (Å²) in [7, 11) is 0. The van der Waals surface area contributed by atoms with E-state index in [0.29, 0.717) is 12.2 Å². The Morgan fingerprint density at radius 1 is 1.00 bits per heavy atom. The molecule has 6 heteroatoms. The summed E-state index contributed by atoms with van der Waals surface area (Å²) in [6, 6.07) is 14.1. The van der Waals surface area contributed by atoms with Gasteiger partial charge in [0.05, 0.1) is 18.7 Å². The molecule has 0 aliphatic heterocycles. The van der Waals surface area contributed by atoms with Crippen molar-refractivity contribution in [2.45, 2.75) is 6.92 Å². The van der Waals surface area contributed by atoms with Crippen LogP contribution in [0.4, 0.5) is 11.4 Å². The first kappa shape index (κ1) is 17.0. The second-order valence-corrected chi connectivity index (χ2v) is 5.62. The van der Waals surface area contributed by atoms with Gasteiger partial charge in [-0.15, -0.1) is 0 Å². The van der Waals surface area contributed by atoms with Crippen molar-refractivity contribution >= 4 is 39.2 Å². The molecule has 0 spiro atoms. The third-order valence-electron chi connectivity index (χ3n) is 2.98. The number of hydrogen-bond donors (Lipinski definition) is 2. The molecule has 0 aromatic heterocycles. The molecular weight excluding hydrogens is 360 g/mol. The highest BCUT2D eigenvalue weighted by molar-refractivity contribution is 9.10. The lowest BCUT2D eigenvalue weighted by atomic mass is 10.2. The number of benzene rings is 2. The Bertz CT molecular complexity index is 669. The van der Waals surface area contributed by atoms with E-state index in [1.807, 2.05) is 24.3 Å². The van der Waals surface area contributed by atoms with Crippen molar-refractivity contribution in [2.75, 3.05) is 23.8 Å². The maximum absolute atomic E-state index is 11.9. The van der Waals surface area contributed by atoms with E-state index >= 15 is 0 Å². The highest BCUT2D eigenvalue weighted by Gasteiger charge is 2.06. The van der Waals surface area contributed by atoms with Gasteiger partial charge in [-0.1, -0.05) is 15.9 Å². The predicted molar refractivity (Wildman–Crippen MR) is 93.7 cm³/mol. The van der Waals surface area contributed by atoms with Gasteiger partial charge in [0.1, 0.15) is 0 Å². The van der Waals surface area contributed by atoms with Gasteiger partial charge in [-0.2, -0.15) is 0 Å². The molecule has 1 amide bonds. The largest absolute Gasteiger partial charge is 0.462 e. The van der Waals surface area contributed by atoms with Gasteiger partial charge in [0, 0.05) is 15.8 Å². The monoisotopic (exact) mass is 376 g/mol. The third kappa shape index (κ3) is 5.41. The third-order valence-corrected chi connectivity index (χ3v) is 3.51. The molecule has 2 N–H and O–H groups in total. The van der Waals surface area contributed by atoms with Gasteiger partial charge in [0.15, 0.2) is 0 Å². The highest BCUT2D eigenvalue weighted by Crippen LogP contribution is 2.14. The van der Waals surface area contributed by atoms with E-state index in [0.717, 1.165) is 15.8 Å². The van der Waals surface area contributed by atoms with Crippen LogP contribution in [0.2, 0.25) is 0 Å². The number of rotatable bonds is 6. The number of hydrogen-bond acceptors (Lipinski definition) is 4. The minimum absolute atomic E-state index is 0.134. The molecule has 2 aromatic carbocycles. The number of ether oxygens (including phenoxy) is 1. The van der Waals surface area contributed by atoms with Gasteiger partial charge in [-0.05, 0) is 55.5 Å². The second kappa shape index (κ2) is 8.33. The van der Waals surface area contributed by atoms with Crippen LogP contribution in [0.25, 0.3) is 0 Å². The van der Waals surface area contributed by atoms with Crippen LogP contribution in [0.3, 0.4) is 0 Å². The molecule has 0 saturated heterocycles. The number of halogens is 1. The average Bonchev–Trinajstić information content (AvgIpc) is 2.56. The van der Waals surface area contributed by atoms with E-state index in [2.05, 4.69) is 26.6 Å². The minimum Gasteiger partial charge on any atom is -0.462 e. The Balaban J connectivity index is 1.84. The fourth-order valence-electron chi connectivity index (χ4n) is 1.86. The van der Waals surface area contributed by atoms with Crippen molar-refractivity contribution in [3.63, 3.8) is 0 Å². The lowest BCUT2D eigenvalue weighted by Crippen LogP contribution is -2.21. The summed E-state index contributed by atoms with van der Waals surface area (Å²) < 4.78 is 5.87. The Labute approximate surface area is 143 Å². The fraction of sp³-hybridized carbons (Fsp3) is 0.176. The van der Waals surface area contributed by atoms with Crippen LogP contribution in [-0.2, 0) is 9.53 Å². The first-order valence-electron chi connectivity index (χ1n) is 7.15. The molecule has 2 rings (SSSR count). The van der Waals surface area contributed by atoms with Crippen molar-refractivity contribution < 1.29 is 14.3 Å². The molecule has 0 unspecified atom stereocenters. The first-order valence-corrected chi connectivity index (χ1v) is 7.94. The highest BCUT2D eigenvalue weighted by atomic mass is 79.9. The lowest BCUT2D eigenvalue weighted by molar-refractivity contribution is -0.114. The number of carbonyl (C=O) groups is 2. The zero-order valence-corrected chi connectivity index (χ0v) is 14.2. The number of amides is 1. The molecule has 0 saturated carbocycles. The SMILES string of the molecule is CCOC(=O)c1ccc(NCC(=O)Nc2ccc(Br)cc2)cc1. The van der Waals surface area contributed by atoms with Crippen LogP contribution in [0.1, 0.15) is 17.3 Å². The summed E-state index contributed by atoms with van der Waals surface area (Å²) in [5, 5.41) is 5.79. The van der Waals surface area contributed by atoms with E-state index in [4.69, 9.17) is 4.74 Å². The number of anilines is 2. The van der Waals surface area contributed by atoms with Crippen LogP contribution in [0.5, 0.6) is 0 Å². The Morgan fingerprint density at radius 2 is 1.61 bits per heavy atom. The summed E-state index contributed by atoms with van der Waals surface area (Å²) in [4.78, 5) is 23.4. The lowest BCUT2D eigenvalue weighted by Gasteiger charge is -2.08. The number of carbonyl (C=O) groups excluding carboxylic acids is 2. The van der Waals surface area contributed by atoms with E-state index in [-0.39, 0.29) is 18.4 Å². The summed E-state index contributed by atoms with van der Waals surface area (Å²) in [6.45, 7) is 2.24. The van der Waals surface area contributed by atoms with Gasteiger partial charge in [0.25, 0.3) is 0 Å². The first-order chi connectivity index (χ1) is 11.1. The fourth-order valence-corrected chi connectivity index (χ4v) is 2.12. The molecule has 0 atom stereocenters. The minimum atomic E-state index is -0.355. The molecular formula is C17H17BrN2O3. The number of nitrogens with one attached hydrogen (secondary N) is 2. The van der Waals surface area contributed by atoms with E-state index in [1.165, 1.54) is 0 Å². The van der Waals surface area contributed by atoms with Gasteiger partial charge in [-0.25, -0.2) is 4.79 Å². The summed E-state index contributed by atoms with van der Waals surface area (Å²) in [5.74, 6) is -0.506. The molecule has 0 aliphatic rings. The van der Waals surface area contributed by atoms with Crippen LogP contribution in [0.15, 0.2) is 53.0 Å². The molecule has 2 aromatic rings. The zero-order valence-electron chi connectivity index (χ0n) is 12.6. The summed E-state index contributed by atoms with van der Waals surface area (Å²) in [6.07, 6.45) is 0. The van der Waals surface area contributed by atoms with Gasteiger partial charge in [-0.3, -0.25) is 4.79 Å². The summed E-state index contributed by atoms with van der Waals surface area (Å²) in [5.41, 5.74) is 1.97. The van der Waals surface area contributed by atoms with Crippen LogP contribution in [0, 0.1) is 0 Å². The van der Waals surface area contributed by atoms with Crippen LogP contribution in [-0.4, -0.2) is 25.0 Å². The number of esters is 1. The average molecular weight is 377 g/mol. The quantitative estimate of drug-likeness (QED) is 0.754. The molecule has 0 radical (unpaired) electrons. The summed E-state index contributed by atoms with van der Waals surface area (Å²) >= 11 is 3.34. The molecule has 0 aliphatic carbocycles. The topological polar surface area (TPSA) is 67.4 Å². The van der Waals surface area contributed by atoms with E-state index < -0.39 is 0 Å². The molecule has 0 bridgehead atoms. The Kier molecular flexibility index (Phi) is 6.17. The Morgan fingerprint density at radius 3 is 2.22 bits per heavy atom. The van der Waals surface area contributed by atoms with E-state index in [9.17, 15) is 9.59 Å². The molecule has 0 fully saturated rings. The molecule has 0 heterocycles.